The molecule has 266 valence electrons. The Bertz CT molecular complexity index is 2360. The number of aryl methyl sites for hydroxylation is 4. The van der Waals surface area contributed by atoms with E-state index in [0.717, 1.165) is 45.0 Å². The predicted molar refractivity (Wildman–Crippen MR) is 191 cm³/mol. The Morgan fingerprint density at radius 2 is 1.14 bits per heavy atom. The van der Waals surface area contributed by atoms with Crippen LogP contribution in [0.25, 0.3) is 0 Å². The lowest BCUT2D eigenvalue weighted by molar-refractivity contribution is 0.102. The average Bonchev–Trinajstić information content (AvgIpc) is 3.01. The maximum absolute atomic E-state index is 14.2. The van der Waals surface area contributed by atoms with Gasteiger partial charge in [0, 0.05) is 27.8 Å². The highest BCUT2D eigenvalue weighted by atomic mass is 19.1. The molecule has 0 aliphatic heterocycles. The van der Waals surface area contributed by atoms with Gasteiger partial charge < -0.3 is 4.98 Å². The number of benzene rings is 3. The van der Waals surface area contributed by atoms with Gasteiger partial charge in [-0.05, 0) is 82.0 Å². The molecule has 0 aliphatic carbocycles. The number of aromatic amines is 3. The number of nitrogens with one attached hydrogen (secondary N) is 3. The summed E-state index contributed by atoms with van der Waals surface area (Å²) < 4.78 is 28.9. The second-order valence-electron chi connectivity index (χ2n) is 13.3. The van der Waals surface area contributed by atoms with Crippen molar-refractivity contribution in [3.05, 3.63) is 169 Å². The highest BCUT2D eigenvalue weighted by Gasteiger charge is 2.26. The summed E-state index contributed by atoms with van der Waals surface area (Å²) in [6.45, 7) is 14.1. The fourth-order valence-electron chi connectivity index (χ4n) is 6.07. The van der Waals surface area contributed by atoms with Crippen LogP contribution in [0.2, 0.25) is 0 Å². The molecule has 0 aliphatic rings. The van der Waals surface area contributed by atoms with E-state index in [4.69, 9.17) is 0 Å². The Balaban J connectivity index is 0.000000244. The van der Waals surface area contributed by atoms with Crippen molar-refractivity contribution in [1.82, 2.24) is 19.5 Å². The van der Waals surface area contributed by atoms with Crippen molar-refractivity contribution in [2.45, 2.75) is 73.8 Å². The van der Waals surface area contributed by atoms with Crippen molar-refractivity contribution >= 4 is 11.6 Å². The van der Waals surface area contributed by atoms with Gasteiger partial charge in [-0.25, -0.2) is 18.4 Å². The average molecular weight is 699 g/mol. The van der Waals surface area contributed by atoms with Crippen LogP contribution in [-0.2, 0) is 6.54 Å². The number of rotatable bonds is 8. The van der Waals surface area contributed by atoms with E-state index in [2.05, 4.69) is 15.0 Å². The Hall–Kier alpha value is -5.78. The molecule has 0 amide bonds. The van der Waals surface area contributed by atoms with Crippen LogP contribution in [0.1, 0.15) is 111 Å². The molecule has 0 radical (unpaired) electrons. The Labute approximate surface area is 292 Å². The van der Waals surface area contributed by atoms with Crippen LogP contribution in [-0.4, -0.2) is 31.1 Å². The number of halogens is 2. The highest BCUT2D eigenvalue weighted by molar-refractivity contribution is 6.09. The molecule has 0 unspecified atom stereocenters. The minimum atomic E-state index is -0.860. The summed E-state index contributed by atoms with van der Waals surface area (Å²) in [5.74, 6) is -2.81. The maximum Gasteiger partial charge on any atom is 0.329 e. The quantitative estimate of drug-likeness (QED) is 0.172. The standard InChI is InChI=1S/C23H22F2N2O3.C16H18N2O3/c1-12(2)19-20(21(28)15-8-13(3)7-14(4)9-15)27(23(30)26-22(19)29)11-16-10-17(24)5-6-18(16)25;1-8(2)12-13(17-16(21)18-15(12)20)14(19)11-6-9(3)5-10(4)7-11/h5-10,12H,11H2,1-4H3,(H,26,29,30);5-8H,1-4H3,(H2,17,18,20,21). The van der Waals surface area contributed by atoms with Crippen molar-refractivity contribution in [3.8, 4) is 0 Å². The molecule has 0 fully saturated rings. The fourth-order valence-corrected chi connectivity index (χ4v) is 6.07. The van der Waals surface area contributed by atoms with E-state index < -0.39 is 46.5 Å². The Morgan fingerprint density at radius 3 is 1.65 bits per heavy atom. The summed E-state index contributed by atoms with van der Waals surface area (Å²) in [4.78, 5) is 81.6. The van der Waals surface area contributed by atoms with E-state index in [1.165, 1.54) is 0 Å². The molecule has 5 rings (SSSR count). The number of aromatic nitrogens is 4. The monoisotopic (exact) mass is 698 g/mol. The molecule has 0 atom stereocenters. The Kier molecular flexibility index (Phi) is 11.5. The van der Waals surface area contributed by atoms with Gasteiger partial charge in [0.15, 0.2) is 0 Å². The lowest BCUT2D eigenvalue weighted by Gasteiger charge is -2.18. The van der Waals surface area contributed by atoms with E-state index >= 15 is 0 Å². The van der Waals surface area contributed by atoms with Gasteiger partial charge in [0.05, 0.1) is 12.2 Å². The molecule has 0 saturated heterocycles. The summed E-state index contributed by atoms with van der Waals surface area (Å²) in [7, 11) is 0. The summed E-state index contributed by atoms with van der Waals surface area (Å²) in [6.07, 6.45) is 0. The van der Waals surface area contributed by atoms with E-state index in [1.807, 2.05) is 39.8 Å². The van der Waals surface area contributed by atoms with Crippen LogP contribution in [0.3, 0.4) is 0 Å². The molecule has 12 heteroatoms. The number of H-pyrrole nitrogens is 3. The van der Waals surface area contributed by atoms with Crippen LogP contribution in [0.5, 0.6) is 0 Å². The fraction of sp³-hybridized carbons (Fsp3) is 0.282. The molecule has 0 bridgehead atoms. The van der Waals surface area contributed by atoms with Gasteiger partial charge in [-0.3, -0.25) is 33.7 Å². The number of hydrogen-bond donors (Lipinski definition) is 3. The first-order valence-electron chi connectivity index (χ1n) is 16.3. The summed E-state index contributed by atoms with van der Waals surface area (Å²) >= 11 is 0. The van der Waals surface area contributed by atoms with E-state index in [9.17, 15) is 37.5 Å². The smallest absolute Gasteiger partial charge is 0.304 e. The first kappa shape index (κ1) is 38.0. The van der Waals surface area contributed by atoms with Crippen LogP contribution in [0.4, 0.5) is 8.78 Å². The first-order chi connectivity index (χ1) is 23.9. The third kappa shape index (κ3) is 8.69. The third-order valence-electron chi connectivity index (χ3n) is 8.12. The first-order valence-corrected chi connectivity index (χ1v) is 16.3. The molecule has 10 nitrogen and oxygen atoms in total. The zero-order valence-electron chi connectivity index (χ0n) is 29.7. The van der Waals surface area contributed by atoms with E-state index in [-0.39, 0.29) is 40.1 Å². The Morgan fingerprint density at radius 1 is 0.647 bits per heavy atom. The molecule has 3 N–H and O–H groups in total. The van der Waals surface area contributed by atoms with Gasteiger partial charge in [-0.1, -0.05) is 62.1 Å². The number of hydrogen-bond acceptors (Lipinski definition) is 6. The molecule has 3 aromatic carbocycles. The summed E-state index contributed by atoms with van der Waals surface area (Å²) in [5.41, 5.74) is 1.95. The lowest BCUT2D eigenvalue weighted by atomic mass is 9.95. The van der Waals surface area contributed by atoms with Crippen LogP contribution >= 0.6 is 0 Å². The summed E-state index contributed by atoms with van der Waals surface area (Å²) in [5, 5.41) is 0. The number of carbonyl (C=O) groups is 2. The van der Waals surface area contributed by atoms with Gasteiger partial charge in [0.2, 0.25) is 11.6 Å². The molecule has 0 saturated carbocycles. The second-order valence-corrected chi connectivity index (χ2v) is 13.3. The second kappa shape index (κ2) is 15.4. The van der Waals surface area contributed by atoms with Crippen LogP contribution in [0, 0.1) is 39.3 Å². The van der Waals surface area contributed by atoms with Crippen molar-refractivity contribution in [1.29, 1.82) is 0 Å². The van der Waals surface area contributed by atoms with E-state index in [0.29, 0.717) is 16.7 Å². The maximum atomic E-state index is 14.2. The van der Waals surface area contributed by atoms with Gasteiger partial charge in [0.25, 0.3) is 11.1 Å². The largest absolute Gasteiger partial charge is 0.329 e. The van der Waals surface area contributed by atoms with Crippen molar-refractivity contribution < 1.29 is 18.4 Å². The summed E-state index contributed by atoms with van der Waals surface area (Å²) in [6, 6.07) is 13.6. The minimum absolute atomic E-state index is 0.0729. The van der Waals surface area contributed by atoms with Crippen LogP contribution < -0.4 is 22.5 Å². The molecule has 0 spiro atoms. The molecular weight excluding hydrogens is 658 g/mol. The van der Waals surface area contributed by atoms with Gasteiger partial charge in [0.1, 0.15) is 17.3 Å². The molecule has 2 aromatic heterocycles. The normalized spacial score (nSPS) is 11.1. The highest BCUT2D eigenvalue weighted by Crippen LogP contribution is 2.22. The molecule has 2 heterocycles. The van der Waals surface area contributed by atoms with Gasteiger partial charge in [-0.15, -0.1) is 0 Å². The minimum Gasteiger partial charge on any atom is -0.304 e. The van der Waals surface area contributed by atoms with Crippen molar-refractivity contribution in [2.24, 2.45) is 0 Å². The topological polar surface area (TPSA) is 155 Å². The zero-order chi connectivity index (χ0) is 37.9. The number of ketones is 2. The SMILES string of the molecule is Cc1cc(C)cc(C(=O)c2[nH]c(=O)[nH]c(=O)c2C(C)C)c1.Cc1cc(C)cc(C(=O)c2c(C(C)C)c(=O)[nH]c(=O)n2Cc2cc(F)ccc2F)c1. The molecule has 51 heavy (non-hydrogen) atoms. The predicted octanol–water partition coefficient (Wildman–Crippen LogP) is 5.87. The molecule has 5 aromatic rings. The van der Waals surface area contributed by atoms with Crippen molar-refractivity contribution in [2.75, 3.05) is 0 Å². The van der Waals surface area contributed by atoms with Crippen LogP contribution in [0.15, 0.2) is 73.8 Å². The van der Waals surface area contributed by atoms with Gasteiger partial charge in [-0.2, -0.15) is 0 Å². The number of nitrogens with zero attached hydrogens (tertiary/aromatic N) is 1. The third-order valence-corrected chi connectivity index (χ3v) is 8.12. The zero-order valence-corrected chi connectivity index (χ0v) is 29.7. The van der Waals surface area contributed by atoms with Gasteiger partial charge >= 0.3 is 11.4 Å². The van der Waals surface area contributed by atoms with Crippen molar-refractivity contribution in [3.63, 3.8) is 0 Å². The van der Waals surface area contributed by atoms with E-state index in [1.54, 1.807) is 52.0 Å². The number of carbonyl (C=O) groups excluding carboxylic acids is 2. The lowest BCUT2D eigenvalue weighted by Crippen LogP contribution is -2.38. The molecular formula is C39H40F2N4O6.